The summed E-state index contributed by atoms with van der Waals surface area (Å²) in [5, 5.41) is 3.83. The van der Waals surface area contributed by atoms with E-state index in [1.54, 1.807) is 0 Å². The molecule has 0 amide bonds. The van der Waals surface area contributed by atoms with E-state index >= 15 is 0 Å². The van der Waals surface area contributed by atoms with Crippen LogP contribution in [0.1, 0.15) is 12.2 Å². The highest BCUT2D eigenvalue weighted by molar-refractivity contribution is 4.81. The molecule has 0 atom stereocenters. The monoisotopic (exact) mass is 208 g/mol. The zero-order valence-electron chi connectivity index (χ0n) is 7.46. The normalized spacial score (nSPS) is 12.0. The van der Waals surface area contributed by atoms with Crippen molar-refractivity contribution in [3.63, 3.8) is 0 Å². The van der Waals surface area contributed by atoms with Gasteiger partial charge in [0, 0.05) is 6.42 Å². The fourth-order valence-corrected chi connectivity index (χ4v) is 0.926. The lowest BCUT2D eigenvalue weighted by Gasteiger charge is -2.04. The summed E-state index contributed by atoms with van der Waals surface area (Å²) in [5.41, 5.74) is 5.24. The average Bonchev–Trinajstić information content (AvgIpc) is 2.49. The molecule has 7 heteroatoms. The second kappa shape index (κ2) is 4.41. The van der Waals surface area contributed by atoms with Crippen LogP contribution < -0.4 is 5.73 Å². The Bertz CT molecular complexity index is 281. The number of hydrogen-bond donors (Lipinski definition) is 1. The van der Waals surface area contributed by atoms with Gasteiger partial charge in [-0.2, -0.15) is 18.3 Å². The SMILES string of the molecule is NCCc1ncn(CCC(F)(F)F)n1. The molecule has 0 spiro atoms. The first-order valence-electron chi connectivity index (χ1n) is 4.16. The maximum absolute atomic E-state index is 11.8. The molecule has 0 saturated heterocycles. The first-order chi connectivity index (χ1) is 6.51. The van der Waals surface area contributed by atoms with Crippen LogP contribution in [0.3, 0.4) is 0 Å². The molecule has 0 aromatic carbocycles. The van der Waals surface area contributed by atoms with E-state index in [1.807, 2.05) is 0 Å². The van der Waals surface area contributed by atoms with Crippen LogP contribution in [-0.4, -0.2) is 27.5 Å². The van der Waals surface area contributed by atoms with E-state index in [0.29, 0.717) is 18.8 Å². The van der Waals surface area contributed by atoms with Gasteiger partial charge in [-0.25, -0.2) is 4.98 Å². The minimum absolute atomic E-state index is 0.193. The van der Waals surface area contributed by atoms with Crippen molar-refractivity contribution in [2.24, 2.45) is 5.73 Å². The zero-order valence-corrected chi connectivity index (χ0v) is 7.46. The van der Waals surface area contributed by atoms with E-state index in [0.717, 1.165) is 0 Å². The van der Waals surface area contributed by atoms with Gasteiger partial charge in [-0.15, -0.1) is 0 Å². The molecule has 0 aliphatic heterocycles. The van der Waals surface area contributed by atoms with Crippen LogP contribution in [0, 0.1) is 0 Å². The van der Waals surface area contributed by atoms with E-state index in [-0.39, 0.29) is 6.54 Å². The zero-order chi connectivity index (χ0) is 10.6. The Kier molecular flexibility index (Phi) is 3.45. The molecule has 1 heterocycles. The molecular formula is C7H11F3N4. The van der Waals surface area contributed by atoms with Crippen molar-refractivity contribution >= 4 is 0 Å². The first-order valence-corrected chi connectivity index (χ1v) is 4.16. The van der Waals surface area contributed by atoms with Gasteiger partial charge in [0.2, 0.25) is 0 Å². The van der Waals surface area contributed by atoms with E-state index in [1.165, 1.54) is 11.0 Å². The number of halogens is 3. The standard InChI is InChI=1S/C7H11F3N4/c8-7(9,10)2-4-14-5-12-6(13-14)1-3-11/h5H,1-4,11H2. The minimum atomic E-state index is -4.15. The lowest BCUT2D eigenvalue weighted by Crippen LogP contribution is -2.13. The Morgan fingerprint density at radius 1 is 1.43 bits per heavy atom. The molecule has 80 valence electrons. The number of rotatable bonds is 4. The smallest absolute Gasteiger partial charge is 0.330 e. The predicted molar refractivity (Wildman–Crippen MR) is 43.5 cm³/mol. The van der Waals surface area contributed by atoms with E-state index < -0.39 is 12.6 Å². The highest BCUT2D eigenvalue weighted by Crippen LogP contribution is 2.19. The van der Waals surface area contributed by atoms with Gasteiger partial charge in [0.15, 0.2) is 5.82 Å². The maximum atomic E-state index is 11.8. The molecule has 0 saturated carbocycles. The molecule has 0 fully saturated rings. The highest BCUT2D eigenvalue weighted by atomic mass is 19.4. The van der Waals surface area contributed by atoms with Crippen molar-refractivity contribution in [3.8, 4) is 0 Å². The van der Waals surface area contributed by atoms with Gasteiger partial charge in [-0.05, 0) is 6.54 Å². The third kappa shape index (κ3) is 3.73. The Labute approximate surface area is 78.9 Å². The van der Waals surface area contributed by atoms with E-state index in [9.17, 15) is 13.2 Å². The van der Waals surface area contributed by atoms with Crippen molar-refractivity contribution < 1.29 is 13.2 Å². The lowest BCUT2D eigenvalue weighted by molar-refractivity contribution is -0.137. The first kappa shape index (κ1) is 11.0. The van der Waals surface area contributed by atoms with E-state index in [2.05, 4.69) is 10.1 Å². The van der Waals surface area contributed by atoms with Crippen LogP contribution in [0.5, 0.6) is 0 Å². The van der Waals surface area contributed by atoms with Crippen LogP contribution in [0.4, 0.5) is 13.2 Å². The third-order valence-corrected chi connectivity index (χ3v) is 1.58. The Morgan fingerprint density at radius 3 is 2.71 bits per heavy atom. The molecule has 1 aromatic heterocycles. The third-order valence-electron chi connectivity index (χ3n) is 1.58. The number of hydrogen-bond acceptors (Lipinski definition) is 3. The second-order valence-corrected chi connectivity index (χ2v) is 2.83. The fraction of sp³-hybridized carbons (Fsp3) is 0.714. The van der Waals surface area contributed by atoms with Gasteiger partial charge in [0.1, 0.15) is 6.33 Å². The lowest BCUT2D eigenvalue weighted by atomic mass is 10.4. The quantitative estimate of drug-likeness (QED) is 0.793. The summed E-state index contributed by atoms with van der Waals surface area (Å²) in [6.07, 6.45) is -3.27. The van der Waals surface area contributed by atoms with Crippen LogP contribution in [-0.2, 0) is 13.0 Å². The summed E-state index contributed by atoms with van der Waals surface area (Å²) in [6.45, 7) is 0.199. The number of nitrogens with zero attached hydrogens (tertiary/aromatic N) is 3. The Balaban J connectivity index is 2.44. The molecule has 0 radical (unpaired) electrons. The molecule has 2 N–H and O–H groups in total. The van der Waals surface area contributed by atoms with Gasteiger partial charge >= 0.3 is 6.18 Å². The molecule has 4 nitrogen and oxygen atoms in total. The number of aryl methyl sites for hydroxylation is 1. The van der Waals surface area contributed by atoms with Crippen molar-refractivity contribution in [1.82, 2.24) is 14.8 Å². The summed E-state index contributed by atoms with van der Waals surface area (Å²) < 4.78 is 36.6. The van der Waals surface area contributed by atoms with Crippen molar-refractivity contribution in [1.29, 1.82) is 0 Å². The summed E-state index contributed by atoms with van der Waals surface area (Å²) in [5.74, 6) is 0.481. The molecule has 1 rings (SSSR count). The van der Waals surface area contributed by atoms with Crippen LogP contribution in [0.2, 0.25) is 0 Å². The summed E-state index contributed by atoms with van der Waals surface area (Å²) in [4.78, 5) is 3.81. The predicted octanol–water partition coefficient (Wildman–Crippen LogP) is 0.732. The fourth-order valence-electron chi connectivity index (χ4n) is 0.926. The van der Waals surface area contributed by atoms with Gasteiger partial charge in [-0.3, -0.25) is 4.68 Å². The largest absolute Gasteiger partial charge is 0.390 e. The number of aromatic nitrogens is 3. The second-order valence-electron chi connectivity index (χ2n) is 2.83. The summed E-state index contributed by atoms with van der Waals surface area (Å²) >= 11 is 0. The van der Waals surface area contributed by atoms with E-state index in [4.69, 9.17) is 5.73 Å². The van der Waals surface area contributed by atoms with Gasteiger partial charge in [0.25, 0.3) is 0 Å². The summed E-state index contributed by atoms with van der Waals surface area (Å²) in [7, 11) is 0. The van der Waals surface area contributed by atoms with Gasteiger partial charge < -0.3 is 5.73 Å². The van der Waals surface area contributed by atoms with Crippen LogP contribution in [0.25, 0.3) is 0 Å². The minimum Gasteiger partial charge on any atom is -0.330 e. The highest BCUT2D eigenvalue weighted by Gasteiger charge is 2.26. The molecule has 0 bridgehead atoms. The molecular weight excluding hydrogens is 197 g/mol. The molecule has 0 unspecified atom stereocenters. The van der Waals surface area contributed by atoms with Crippen LogP contribution in [0.15, 0.2) is 6.33 Å². The molecule has 0 aliphatic rings. The summed E-state index contributed by atoms with van der Waals surface area (Å²) in [6, 6.07) is 0. The van der Waals surface area contributed by atoms with Crippen molar-refractivity contribution in [2.75, 3.05) is 6.54 Å². The van der Waals surface area contributed by atoms with Gasteiger partial charge in [0.05, 0.1) is 13.0 Å². The van der Waals surface area contributed by atoms with Crippen LogP contribution >= 0.6 is 0 Å². The molecule has 0 aliphatic carbocycles. The van der Waals surface area contributed by atoms with Crippen molar-refractivity contribution in [2.45, 2.75) is 25.6 Å². The Hall–Kier alpha value is -1.11. The number of nitrogens with two attached hydrogens (primary N) is 1. The molecule has 1 aromatic rings. The Morgan fingerprint density at radius 2 is 2.14 bits per heavy atom. The number of alkyl halides is 3. The average molecular weight is 208 g/mol. The van der Waals surface area contributed by atoms with Gasteiger partial charge in [-0.1, -0.05) is 0 Å². The van der Waals surface area contributed by atoms with Crippen molar-refractivity contribution in [3.05, 3.63) is 12.2 Å². The molecule has 14 heavy (non-hydrogen) atoms. The topological polar surface area (TPSA) is 56.7 Å². The maximum Gasteiger partial charge on any atom is 0.390 e.